The van der Waals surface area contributed by atoms with Gasteiger partial charge in [0.15, 0.2) is 0 Å². The zero-order valence-corrected chi connectivity index (χ0v) is 14.8. The maximum Gasteiger partial charge on any atom is 0.262 e. The SMILES string of the molecule is O=C([O-])C(C(c1ccccc1)c1ccccc1)N1C(=O)c2ccccc2C1=O. The Morgan fingerprint density at radius 3 is 1.46 bits per heavy atom. The van der Waals surface area contributed by atoms with Gasteiger partial charge in [-0.3, -0.25) is 14.5 Å². The van der Waals surface area contributed by atoms with Crippen molar-refractivity contribution in [2.45, 2.75) is 12.0 Å². The van der Waals surface area contributed by atoms with Gasteiger partial charge in [0.25, 0.3) is 11.8 Å². The smallest absolute Gasteiger partial charge is 0.262 e. The highest BCUT2D eigenvalue weighted by Crippen LogP contribution is 2.35. The van der Waals surface area contributed by atoms with Crippen LogP contribution in [0.3, 0.4) is 0 Å². The summed E-state index contributed by atoms with van der Waals surface area (Å²) in [5.41, 5.74) is 1.77. The highest BCUT2D eigenvalue weighted by atomic mass is 16.4. The number of hydrogen-bond donors (Lipinski definition) is 0. The summed E-state index contributed by atoms with van der Waals surface area (Å²) < 4.78 is 0. The van der Waals surface area contributed by atoms with Gasteiger partial charge < -0.3 is 9.90 Å². The minimum atomic E-state index is -1.48. The van der Waals surface area contributed by atoms with Gasteiger partial charge in [-0.1, -0.05) is 72.8 Å². The standard InChI is InChI=1S/C23H17NO4/c25-21-17-13-7-8-14-18(17)22(26)24(21)20(23(27)28)19(15-9-3-1-4-10-15)16-11-5-2-6-12-16/h1-14,19-20H,(H,27,28)/p-1. The zero-order chi connectivity index (χ0) is 19.7. The van der Waals surface area contributed by atoms with E-state index in [1.54, 1.807) is 60.7 Å². The molecule has 138 valence electrons. The number of rotatable bonds is 5. The minimum Gasteiger partial charge on any atom is -0.548 e. The van der Waals surface area contributed by atoms with Gasteiger partial charge in [-0.2, -0.15) is 0 Å². The number of imide groups is 1. The lowest BCUT2D eigenvalue weighted by atomic mass is 9.84. The summed E-state index contributed by atoms with van der Waals surface area (Å²) in [7, 11) is 0. The summed E-state index contributed by atoms with van der Waals surface area (Å²) >= 11 is 0. The third-order valence-corrected chi connectivity index (χ3v) is 4.98. The largest absolute Gasteiger partial charge is 0.548 e. The summed E-state index contributed by atoms with van der Waals surface area (Å²) in [4.78, 5) is 39.0. The number of hydrogen-bond acceptors (Lipinski definition) is 4. The predicted octanol–water partition coefficient (Wildman–Crippen LogP) is 2.23. The van der Waals surface area contributed by atoms with E-state index in [9.17, 15) is 19.5 Å². The van der Waals surface area contributed by atoms with Crippen LogP contribution in [0.15, 0.2) is 84.9 Å². The predicted molar refractivity (Wildman–Crippen MR) is 100 cm³/mol. The van der Waals surface area contributed by atoms with E-state index in [4.69, 9.17) is 0 Å². The van der Waals surface area contributed by atoms with Gasteiger partial charge >= 0.3 is 0 Å². The zero-order valence-electron chi connectivity index (χ0n) is 14.8. The number of fused-ring (bicyclic) bond motifs is 1. The molecule has 1 aliphatic rings. The molecule has 1 unspecified atom stereocenters. The van der Waals surface area contributed by atoms with Gasteiger partial charge in [-0.05, 0) is 23.3 Å². The first-order valence-electron chi connectivity index (χ1n) is 8.87. The molecule has 4 rings (SSSR count). The van der Waals surface area contributed by atoms with Crippen LogP contribution in [0.1, 0.15) is 37.8 Å². The van der Waals surface area contributed by atoms with Crippen LogP contribution in [0.4, 0.5) is 0 Å². The van der Waals surface area contributed by atoms with E-state index in [2.05, 4.69) is 0 Å². The molecule has 0 bridgehead atoms. The van der Waals surface area contributed by atoms with Gasteiger partial charge in [-0.25, -0.2) is 0 Å². The number of amides is 2. The molecule has 0 radical (unpaired) electrons. The second-order valence-corrected chi connectivity index (χ2v) is 6.59. The van der Waals surface area contributed by atoms with Crippen molar-refractivity contribution in [1.29, 1.82) is 0 Å². The monoisotopic (exact) mass is 370 g/mol. The third-order valence-electron chi connectivity index (χ3n) is 4.98. The Labute approximate surface area is 161 Å². The van der Waals surface area contributed by atoms with Gasteiger partial charge in [0, 0.05) is 5.92 Å². The number of carboxylic acid groups (broad SMARTS) is 1. The molecule has 2 amide bonds. The Balaban J connectivity index is 1.87. The Hall–Kier alpha value is -3.73. The number of carbonyl (C=O) groups excluding carboxylic acids is 3. The molecule has 0 fully saturated rings. The number of carboxylic acids is 1. The molecular weight excluding hydrogens is 354 g/mol. The fourth-order valence-corrected chi connectivity index (χ4v) is 3.73. The molecule has 0 spiro atoms. The van der Waals surface area contributed by atoms with Crippen LogP contribution < -0.4 is 5.11 Å². The molecule has 28 heavy (non-hydrogen) atoms. The van der Waals surface area contributed by atoms with Crippen molar-refractivity contribution in [2.75, 3.05) is 0 Å². The molecular formula is C23H16NO4-. The van der Waals surface area contributed by atoms with E-state index in [1.807, 2.05) is 12.1 Å². The van der Waals surface area contributed by atoms with Gasteiger partial charge in [-0.15, -0.1) is 0 Å². The Morgan fingerprint density at radius 2 is 1.07 bits per heavy atom. The summed E-state index contributed by atoms with van der Waals surface area (Å²) in [5.74, 6) is -3.47. The quantitative estimate of drug-likeness (QED) is 0.646. The van der Waals surface area contributed by atoms with Crippen LogP contribution in [-0.2, 0) is 4.79 Å². The molecule has 5 nitrogen and oxygen atoms in total. The molecule has 3 aromatic rings. The molecule has 0 saturated carbocycles. The van der Waals surface area contributed by atoms with E-state index in [1.165, 1.54) is 12.1 Å². The van der Waals surface area contributed by atoms with Crippen molar-refractivity contribution in [1.82, 2.24) is 4.90 Å². The molecule has 1 atom stereocenters. The van der Waals surface area contributed by atoms with Crippen molar-refractivity contribution in [3.8, 4) is 0 Å². The van der Waals surface area contributed by atoms with Gasteiger partial charge in [0.2, 0.25) is 0 Å². The van der Waals surface area contributed by atoms with Crippen LogP contribution >= 0.6 is 0 Å². The maximum absolute atomic E-state index is 12.9. The first-order chi connectivity index (χ1) is 13.6. The van der Waals surface area contributed by atoms with Crippen LogP contribution in [0.2, 0.25) is 0 Å². The summed E-state index contributed by atoms with van der Waals surface area (Å²) in [6, 6.07) is 22.8. The molecule has 1 heterocycles. The highest BCUT2D eigenvalue weighted by molar-refractivity contribution is 6.22. The van der Waals surface area contributed by atoms with Crippen molar-refractivity contribution < 1.29 is 19.5 Å². The summed E-state index contributed by atoms with van der Waals surface area (Å²) in [5, 5.41) is 12.3. The lowest BCUT2D eigenvalue weighted by Gasteiger charge is -2.34. The normalized spacial score (nSPS) is 14.2. The lowest BCUT2D eigenvalue weighted by molar-refractivity contribution is -0.310. The number of benzene rings is 3. The fraction of sp³-hybridized carbons (Fsp3) is 0.0870. The van der Waals surface area contributed by atoms with Crippen molar-refractivity contribution in [3.63, 3.8) is 0 Å². The molecule has 0 aliphatic carbocycles. The molecule has 0 aromatic heterocycles. The number of carbonyl (C=O) groups is 3. The average Bonchev–Trinajstić information content (AvgIpc) is 2.98. The van der Waals surface area contributed by atoms with E-state index >= 15 is 0 Å². The van der Waals surface area contributed by atoms with Gasteiger partial charge in [0.05, 0.1) is 23.1 Å². The van der Waals surface area contributed by atoms with E-state index in [-0.39, 0.29) is 11.1 Å². The molecule has 5 heteroatoms. The van der Waals surface area contributed by atoms with Crippen molar-refractivity contribution in [2.24, 2.45) is 0 Å². The van der Waals surface area contributed by atoms with E-state index in [0.717, 1.165) is 4.90 Å². The second-order valence-electron chi connectivity index (χ2n) is 6.59. The third kappa shape index (κ3) is 2.87. The summed E-state index contributed by atoms with van der Waals surface area (Å²) in [6.45, 7) is 0. The molecule has 0 N–H and O–H groups in total. The minimum absolute atomic E-state index is 0.207. The van der Waals surface area contributed by atoms with Crippen molar-refractivity contribution >= 4 is 17.8 Å². The number of nitrogens with zero attached hydrogens (tertiary/aromatic N) is 1. The first kappa shape index (κ1) is 17.7. The lowest BCUT2D eigenvalue weighted by Crippen LogP contribution is -2.53. The van der Waals surface area contributed by atoms with Crippen molar-refractivity contribution in [3.05, 3.63) is 107 Å². The van der Waals surface area contributed by atoms with Crippen LogP contribution in [-0.4, -0.2) is 28.7 Å². The second kappa shape index (κ2) is 7.12. The molecule has 1 aliphatic heterocycles. The maximum atomic E-state index is 12.9. The highest BCUT2D eigenvalue weighted by Gasteiger charge is 2.44. The van der Waals surface area contributed by atoms with Crippen LogP contribution in [0.5, 0.6) is 0 Å². The molecule has 0 saturated heterocycles. The Morgan fingerprint density at radius 1 is 0.679 bits per heavy atom. The topological polar surface area (TPSA) is 77.5 Å². The van der Waals surface area contributed by atoms with Crippen LogP contribution in [0.25, 0.3) is 0 Å². The van der Waals surface area contributed by atoms with E-state index < -0.39 is 29.7 Å². The van der Waals surface area contributed by atoms with E-state index in [0.29, 0.717) is 11.1 Å². The number of aliphatic carboxylic acids is 1. The molecule has 3 aromatic carbocycles. The first-order valence-corrected chi connectivity index (χ1v) is 8.87. The Bertz CT molecular complexity index is 972. The Kier molecular flexibility index (Phi) is 4.49. The fourth-order valence-electron chi connectivity index (χ4n) is 3.73. The average molecular weight is 370 g/mol. The van der Waals surface area contributed by atoms with Crippen LogP contribution in [0, 0.1) is 0 Å². The van der Waals surface area contributed by atoms with Gasteiger partial charge in [0.1, 0.15) is 0 Å². The summed E-state index contributed by atoms with van der Waals surface area (Å²) in [6.07, 6.45) is 0.